The summed E-state index contributed by atoms with van der Waals surface area (Å²) in [5, 5.41) is 5.50. The van der Waals surface area contributed by atoms with Crippen LogP contribution in [-0.2, 0) is 4.43 Å². The van der Waals surface area contributed by atoms with Crippen molar-refractivity contribution in [2.45, 2.75) is 51.2 Å². The second kappa shape index (κ2) is 7.88. The summed E-state index contributed by atoms with van der Waals surface area (Å²) < 4.78 is 8.84. The summed E-state index contributed by atoms with van der Waals surface area (Å²) in [5.41, 5.74) is 2.94. The Kier molecular flexibility index (Phi) is 5.32. The van der Waals surface area contributed by atoms with Crippen LogP contribution in [0.25, 0.3) is 10.1 Å². The number of hydrogen-bond acceptors (Lipinski definition) is 1. The molecule has 0 aliphatic heterocycles. The number of halogens is 1. The van der Waals surface area contributed by atoms with Gasteiger partial charge < -0.3 is 4.43 Å². The molecule has 0 amide bonds. The van der Waals surface area contributed by atoms with Gasteiger partial charge in [0.2, 0.25) is 0 Å². The summed E-state index contributed by atoms with van der Waals surface area (Å²) >= 11 is 3.83. The average molecular weight is 490 g/mol. The largest absolute Gasteiger partial charge is 0.400 e. The van der Waals surface area contributed by atoms with Crippen molar-refractivity contribution in [2.75, 3.05) is 0 Å². The summed E-state index contributed by atoms with van der Waals surface area (Å²) in [7, 11) is -2.57. The fraction of sp³-hybridized carbons (Fsp3) is 0.286. The summed E-state index contributed by atoms with van der Waals surface area (Å²) in [5.74, 6) is 0. The Bertz CT molecular complexity index is 1190. The molecule has 0 heterocycles. The van der Waals surface area contributed by atoms with Crippen LogP contribution in [0.2, 0.25) is 5.04 Å². The molecule has 3 aromatic carbocycles. The van der Waals surface area contributed by atoms with Gasteiger partial charge in [0, 0.05) is 4.48 Å². The van der Waals surface area contributed by atoms with Crippen LogP contribution in [0.5, 0.6) is 0 Å². The quantitative estimate of drug-likeness (QED) is 0.461. The van der Waals surface area contributed by atoms with Crippen molar-refractivity contribution in [1.29, 1.82) is 0 Å². The maximum atomic E-state index is 7.51. The predicted molar refractivity (Wildman–Crippen MR) is 137 cm³/mol. The Morgan fingerprint density at radius 1 is 0.806 bits per heavy atom. The van der Waals surface area contributed by atoms with Gasteiger partial charge >= 0.3 is 0 Å². The average Bonchev–Trinajstić information content (AvgIpc) is 3.13. The monoisotopic (exact) mass is 488 g/mol. The van der Waals surface area contributed by atoms with Gasteiger partial charge in [-0.15, -0.1) is 0 Å². The van der Waals surface area contributed by atoms with E-state index in [-0.39, 0.29) is 11.1 Å². The topological polar surface area (TPSA) is 9.23 Å². The molecule has 2 aliphatic carbocycles. The summed E-state index contributed by atoms with van der Waals surface area (Å²) in [6.07, 6.45) is 3.34. The highest BCUT2D eigenvalue weighted by Gasteiger charge is 2.52. The molecule has 3 heteroatoms. The van der Waals surface area contributed by atoms with Crippen molar-refractivity contribution in [3.05, 3.63) is 94.9 Å². The molecule has 158 valence electrons. The van der Waals surface area contributed by atoms with Gasteiger partial charge in [0.25, 0.3) is 8.32 Å². The lowest BCUT2D eigenvalue weighted by molar-refractivity contribution is 0.199. The van der Waals surface area contributed by atoms with E-state index in [0.717, 1.165) is 19.3 Å². The fourth-order valence-electron chi connectivity index (χ4n) is 5.53. The molecular weight excluding hydrogens is 460 g/mol. The Hall–Kier alpha value is -1.94. The van der Waals surface area contributed by atoms with Crippen molar-refractivity contribution in [3.8, 4) is 0 Å². The zero-order valence-corrected chi connectivity index (χ0v) is 21.1. The lowest BCUT2D eigenvalue weighted by Crippen LogP contribution is -2.66. The predicted octanol–water partition coefficient (Wildman–Crippen LogP) is 5.16. The molecule has 0 spiro atoms. The van der Waals surface area contributed by atoms with Crippen LogP contribution in [0.15, 0.2) is 78.9 Å². The van der Waals surface area contributed by atoms with Gasteiger partial charge in [0.05, 0.1) is 6.10 Å². The van der Waals surface area contributed by atoms with Gasteiger partial charge in [0.15, 0.2) is 0 Å². The molecule has 1 atom stereocenters. The Balaban J connectivity index is 1.70. The standard InChI is InChI=1S/C28H29BrOSi/c1-28(2,3)31(21-11-6-4-7-12-21,22-13-8-5-9-14-22)30-26-19-20-17-18-25(29)23-15-10-16-24(26)27(20)23/h4-16,26H,17-19H2,1-3H3. The zero-order valence-electron chi connectivity index (χ0n) is 18.5. The van der Waals surface area contributed by atoms with Crippen molar-refractivity contribution < 1.29 is 4.43 Å². The third kappa shape index (κ3) is 3.38. The maximum Gasteiger partial charge on any atom is 0.261 e. The molecular formula is C28H29BrOSi. The molecule has 0 saturated carbocycles. The minimum Gasteiger partial charge on any atom is -0.400 e. The highest BCUT2D eigenvalue weighted by molar-refractivity contribution is 9.14. The molecule has 0 aromatic heterocycles. The normalized spacial score (nSPS) is 18.3. The van der Waals surface area contributed by atoms with E-state index in [4.69, 9.17) is 4.43 Å². The molecule has 0 N–H and O–H groups in total. The Labute approximate surface area is 194 Å². The first-order valence-corrected chi connectivity index (χ1v) is 13.9. The first kappa shape index (κ1) is 20.9. The first-order valence-electron chi connectivity index (χ1n) is 11.2. The van der Waals surface area contributed by atoms with Gasteiger partial charge in [-0.2, -0.15) is 0 Å². The van der Waals surface area contributed by atoms with Gasteiger partial charge in [-0.05, 0) is 50.7 Å². The van der Waals surface area contributed by atoms with Crippen molar-refractivity contribution in [1.82, 2.24) is 0 Å². The zero-order chi connectivity index (χ0) is 21.6. The molecule has 1 unspecified atom stereocenters. The van der Waals surface area contributed by atoms with E-state index in [2.05, 4.69) is 116 Å². The molecule has 0 fully saturated rings. The van der Waals surface area contributed by atoms with Gasteiger partial charge in [-0.3, -0.25) is 0 Å². The first-order chi connectivity index (χ1) is 14.9. The van der Waals surface area contributed by atoms with E-state index in [1.807, 2.05) is 0 Å². The minimum absolute atomic E-state index is 0.0108. The van der Waals surface area contributed by atoms with Crippen LogP contribution >= 0.6 is 15.9 Å². The lowest BCUT2D eigenvalue weighted by Gasteiger charge is -2.45. The SMILES string of the molecule is CC(C)(C)[Si](OC1CC2=c3c1cccc3=C(Br)CC2)(c1ccccc1)c1ccccc1. The highest BCUT2D eigenvalue weighted by Crippen LogP contribution is 2.43. The molecule has 5 rings (SSSR count). The minimum atomic E-state index is -2.57. The van der Waals surface area contributed by atoms with Crippen LogP contribution in [0, 0.1) is 0 Å². The van der Waals surface area contributed by atoms with Crippen LogP contribution in [0.3, 0.4) is 0 Å². The van der Waals surface area contributed by atoms with Gasteiger partial charge in [0.1, 0.15) is 0 Å². The van der Waals surface area contributed by atoms with E-state index < -0.39 is 8.32 Å². The smallest absolute Gasteiger partial charge is 0.261 e. The van der Waals surface area contributed by atoms with Crippen molar-refractivity contribution in [3.63, 3.8) is 0 Å². The molecule has 0 saturated heterocycles. The van der Waals surface area contributed by atoms with Crippen LogP contribution in [0.4, 0.5) is 0 Å². The van der Waals surface area contributed by atoms with Crippen LogP contribution in [-0.4, -0.2) is 8.32 Å². The maximum absolute atomic E-state index is 7.51. The number of benzene rings is 3. The summed E-state index contributed by atoms with van der Waals surface area (Å²) in [4.78, 5) is 0. The number of rotatable bonds is 4. The second-order valence-electron chi connectivity index (χ2n) is 9.75. The third-order valence-electron chi connectivity index (χ3n) is 6.90. The van der Waals surface area contributed by atoms with E-state index >= 15 is 0 Å². The van der Waals surface area contributed by atoms with Crippen LogP contribution in [0.1, 0.15) is 51.7 Å². The Morgan fingerprint density at radius 2 is 1.42 bits per heavy atom. The summed E-state index contributed by atoms with van der Waals surface area (Å²) in [6.45, 7) is 7.08. The molecule has 3 aromatic rings. The highest BCUT2D eigenvalue weighted by atomic mass is 79.9. The number of hydrogen-bond donors (Lipinski definition) is 0. The van der Waals surface area contributed by atoms with Crippen molar-refractivity contribution in [2.24, 2.45) is 0 Å². The molecule has 2 aliphatic rings. The summed E-state index contributed by atoms with van der Waals surface area (Å²) in [6, 6.07) is 28.7. The van der Waals surface area contributed by atoms with E-state index in [1.54, 1.807) is 5.57 Å². The van der Waals surface area contributed by atoms with Crippen LogP contribution < -0.4 is 20.8 Å². The second-order valence-corrected chi connectivity index (χ2v) is 15.0. The molecule has 1 nitrogen and oxygen atoms in total. The lowest BCUT2D eigenvalue weighted by atomic mass is 10.0. The van der Waals surface area contributed by atoms with Crippen molar-refractivity contribution >= 4 is 44.7 Å². The van der Waals surface area contributed by atoms with E-state index in [0.29, 0.717) is 0 Å². The Morgan fingerprint density at radius 3 is 2.00 bits per heavy atom. The van der Waals surface area contributed by atoms with Gasteiger partial charge in [-0.1, -0.05) is 121 Å². The third-order valence-corrected chi connectivity index (χ3v) is 12.8. The molecule has 0 radical (unpaired) electrons. The van der Waals surface area contributed by atoms with Gasteiger partial charge in [-0.25, -0.2) is 0 Å². The fourth-order valence-corrected chi connectivity index (χ4v) is 10.7. The van der Waals surface area contributed by atoms with E-state index in [1.165, 1.54) is 30.9 Å². The molecule has 0 bridgehead atoms. The molecule has 31 heavy (non-hydrogen) atoms. The van der Waals surface area contributed by atoms with E-state index in [9.17, 15) is 0 Å².